The number of rotatable bonds is 3. The van der Waals surface area contributed by atoms with Crippen molar-refractivity contribution in [1.82, 2.24) is 4.98 Å². The monoisotopic (exact) mass is 299 g/mol. The Bertz CT molecular complexity index is 633. The molecule has 3 nitrogen and oxygen atoms in total. The Kier molecular flexibility index (Phi) is 4.37. The van der Waals surface area contributed by atoms with Crippen LogP contribution in [-0.2, 0) is 5.41 Å². The molecular weight excluding hydrogens is 276 g/mol. The Morgan fingerprint density at radius 3 is 2.43 bits per heavy atom. The standard InChI is InChI=1S/C17H23N2OSi/c1-17(2,3)15-14(20-21(4)5)9-10-19-16(15)12-7-6-8-13(18)11-12/h6-11H,18H2,1-5H3. The summed E-state index contributed by atoms with van der Waals surface area (Å²) in [6.07, 6.45) is 1.81. The average Bonchev–Trinajstić information content (AvgIpc) is 2.36. The zero-order chi connectivity index (χ0) is 15.6. The van der Waals surface area contributed by atoms with Gasteiger partial charge in [0.15, 0.2) is 0 Å². The molecule has 0 saturated carbocycles. The van der Waals surface area contributed by atoms with E-state index in [9.17, 15) is 0 Å². The fourth-order valence-corrected chi connectivity index (χ4v) is 2.99. The van der Waals surface area contributed by atoms with Crippen LogP contribution in [0.15, 0.2) is 36.5 Å². The van der Waals surface area contributed by atoms with Crippen LogP contribution in [0.2, 0.25) is 13.1 Å². The molecule has 2 rings (SSSR count). The fourth-order valence-electron chi connectivity index (χ4n) is 2.38. The molecular formula is C17H23N2OSi. The predicted molar refractivity (Wildman–Crippen MR) is 90.9 cm³/mol. The van der Waals surface area contributed by atoms with E-state index in [2.05, 4.69) is 38.8 Å². The first-order valence-corrected chi connectivity index (χ1v) is 9.53. The Hall–Kier alpha value is -1.81. The lowest BCUT2D eigenvalue weighted by Crippen LogP contribution is -2.19. The molecule has 0 aliphatic carbocycles. The minimum Gasteiger partial charge on any atom is -0.542 e. The molecule has 1 heterocycles. The highest BCUT2D eigenvalue weighted by Crippen LogP contribution is 2.38. The second kappa shape index (κ2) is 5.90. The first-order valence-electron chi connectivity index (χ1n) is 7.12. The number of aromatic nitrogens is 1. The molecule has 1 radical (unpaired) electrons. The number of nitrogen functional groups attached to an aromatic ring is 1. The van der Waals surface area contributed by atoms with Crippen molar-refractivity contribution in [3.8, 4) is 17.0 Å². The molecule has 0 amide bonds. The van der Waals surface area contributed by atoms with Crippen molar-refractivity contribution in [3.63, 3.8) is 0 Å². The highest BCUT2D eigenvalue weighted by atomic mass is 28.3. The van der Waals surface area contributed by atoms with Gasteiger partial charge in [-0.25, -0.2) is 0 Å². The quantitative estimate of drug-likeness (QED) is 0.680. The molecule has 111 valence electrons. The summed E-state index contributed by atoms with van der Waals surface area (Å²) in [5.41, 5.74) is 9.74. The van der Waals surface area contributed by atoms with Crippen LogP contribution >= 0.6 is 0 Å². The number of pyridine rings is 1. The molecule has 0 aliphatic rings. The SMILES string of the molecule is C[Si](C)Oc1ccnc(-c2cccc(N)c2)c1C(C)(C)C. The molecule has 21 heavy (non-hydrogen) atoms. The van der Waals surface area contributed by atoms with Gasteiger partial charge in [-0.15, -0.1) is 0 Å². The van der Waals surface area contributed by atoms with Crippen LogP contribution < -0.4 is 10.2 Å². The first kappa shape index (κ1) is 15.6. The van der Waals surface area contributed by atoms with E-state index in [1.54, 1.807) is 0 Å². The van der Waals surface area contributed by atoms with Gasteiger partial charge in [0.2, 0.25) is 0 Å². The molecule has 0 fully saturated rings. The van der Waals surface area contributed by atoms with Gasteiger partial charge in [-0.2, -0.15) is 0 Å². The first-order chi connectivity index (χ1) is 9.79. The molecule has 0 saturated heterocycles. The van der Waals surface area contributed by atoms with Crippen LogP contribution in [0.25, 0.3) is 11.3 Å². The molecule has 2 N–H and O–H groups in total. The van der Waals surface area contributed by atoms with Gasteiger partial charge in [-0.05, 0) is 36.7 Å². The lowest BCUT2D eigenvalue weighted by molar-refractivity contribution is 0.519. The van der Waals surface area contributed by atoms with Crippen molar-refractivity contribution in [2.45, 2.75) is 39.3 Å². The number of hydrogen-bond acceptors (Lipinski definition) is 3. The van der Waals surface area contributed by atoms with Gasteiger partial charge in [0, 0.05) is 23.0 Å². The number of hydrogen-bond donors (Lipinski definition) is 1. The van der Waals surface area contributed by atoms with Crippen LogP contribution in [0.3, 0.4) is 0 Å². The maximum absolute atomic E-state index is 6.09. The summed E-state index contributed by atoms with van der Waals surface area (Å²) in [4.78, 5) is 4.60. The highest BCUT2D eigenvalue weighted by Gasteiger charge is 2.25. The average molecular weight is 299 g/mol. The fraction of sp³-hybridized carbons (Fsp3) is 0.353. The van der Waals surface area contributed by atoms with Crippen molar-refractivity contribution >= 4 is 14.7 Å². The lowest BCUT2D eigenvalue weighted by atomic mass is 9.83. The van der Waals surface area contributed by atoms with Gasteiger partial charge in [0.05, 0.1) is 5.69 Å². The smallest absolute Gasteiger partial charge is 0.274 e. The summed E-state index contributed by atoms with van der Waals surface area (Å²) >= 11 is 0. The minimum atomic E-state index is -0.827. The van der Waals surface area contributed by atoms with E-state index in [1.807, 2.05) is 36.5 Å². The molecule has 0 aliphatic heterocycles. The third-order valence-corrected chi connectivity index (χ3v) is 3.77. The second-order valence-electron chi connectivity index (χ2n) is 6.42. The predicted octanol–water partition coefficient (Wildman–Crippen LogP) is 4.26. The van der Waals surface area contributed by atoms with Gasteiger partial charge in [0.1, 0.15) is 5.75 Å². The van der Waals surface area contributed by atoms with Crippen molar-refractivity contribution < 1.29 is 4.43 Å². The van der Waals surface area contributed by atoms with Crippen LogP contribution in [0.4, 0.5) is 5.69 Å². The molecule has 0 bridgehead atoms. The number of nitrogens with zero attached hydrogens (tertiary/aromatic N) is 1. The van der Waals surface area contributed by atoms with E-state index in [4.69, 9.17) is 10.2 Å². The Labute approximate surface area is 128 Å². The van der Waals surface area contributed by atoms with E-state index >= 15 is 0 Å². The molecule has 0 atom stereocenters. The van der Waals surface area contributed by atoms with E-state index in [-0.39, 0.29) is 5.41 Å². The Morgan fingerprint density at radius 1 is 1.14 bits per heavy atom. The lowest BCUT2D eigenvalue weighted by Gasteiger charge is -2.26. The molecule has 0 spiro atoms. The van der Waals surface area contributed by atoms with Crippen molar-refractivity contribution in [2.75, 3.05) is 5.73 Å². The van der Waals surface area contributed by atoms with Crippen molar-refractivity contribution in [2.24, 2.45) is 0 Å². The van der Waals surface area contributed by atoms with Gasteiger partial charge in [-0.3, -0.25) is 4.98 Å². The number of nitrogens with two attached hydrogens (primary N) is 1. The van der Waals surface area contributed by atoms with Crippen LogP contribution in [0.1, 0.15) is 26.3 Å². The van der Waals surface area contributed by atoms with Gasteiger partial charge < -0.3 is 10.2 Å². The third-order valence-electron chi connectivity index (χ3n) is 3.14. The van der Waals surface area contributed by atoms with Gasteiger partial charge >= 0.3 is 0 Å². The Morgan fingerprint density at radius 2 is 1.86 bits per heavy atom. The molecule has 1 aromatic carbocycles. The summed E-state index contributed by atoms with van der Waals surface area (Å²) < 4.78 is 6.09. The zero-order valence-electron chi connectivity index (χ0n) is 13.4. The summed E-state index contributed by atoms with van der Waals surface area (Å²) in [7, 11) is -0.827. The van der Waals surface area contributed by atoms with Crippen LogP contribution in [0.5, 0.6) is 5.75 Å². The maximum Gasteiger partial charge on any atom is 0.274 e. The van der Waals surface area contributed by atoms with E-state index < -0.39 is 9.04 Å². The zero-order valence-corrected chi connectivity index (χ0v) is 14.4. The number of benzene rings is 1. The maximum atomic E-state index is 6.09. The number of anilines is 1. The topological polar surface area (TPSA) is 48.1 Å². The molecule has 2 aromatic rings. The molecule has 0 unspecified atom stereocenters. The molecule has 1 aromatic heterocycles. The summed E-state index contributed by atoms with van der Waals surface area (Å²) in [5.74, 6) is 0.939. The third kappa shape index (κ3) is 3.64. The normalized spacial score (nSPS) is 11.7. The van der Waals surface area contributed by atoms with E-state index in [1.165, 1.54) is 0 Å². The van der Waals surface area contributed by atoms with Crippen LogP contribution in [-0.4, -0.2) is 14.0 Å². The van der Waals surface area contributed by atoms with Gasteiger partial charge in [-0.1, -0.05) is 32.9 Å². The summed E-state index contributed by atoms with van der Waals surface area (Å²) in [6, 6.07) is 9.82. The summed E-state index contributed by atoms with van der Waals surface area (Å²) in [5, 5.41) is 0. The summed E-state index contributed by atoms with van der Waals surface area (Å²) in [6.45, 7) is 10.8. The van der Waals surface area contributed by atoms with E-state index in [0.717, 1.165) is 28.3 Å². The second-order valence-corrected chi connectivity index (χ2v) is 8.44. The Balaban J connectivity index is 2.66. The van der Waals surface area contributed by atoms with Crippen molar-refractivity contribution in [3.05, 3.63) is 42.1 Å². The highest BCUT2D eigenvalue weighted by molar-refractivity contribution is 6.49. The largest absolute Gasteiger partial charge is 0.542 e. The van der Waals surface area contributed by atoms with Crippen LogP contribution in [0, 0.1) is 0 Å². The van der Waals surface area contributed by atoms with Gasteiger partial charge in [0.25, 0.3) is 9.04 Å². The minimum absolute atomic E-state index is 0.0547. The molecule has 4 heteroatoms. The van der Waals surface area contributed by atoms with E-state index in [0.29, 0.717) is 0 Å². The van der Waals surface area contributed by atoms with Crippen molar-refractivity contribution in [1.29, 1.82) is 0 Å².